The number of likely N-dealkylation sites (tertiary alicyclic amines) is 1. The number of hydrogen-bond donors (Lipinski definition) is 1. The van der Waals surface area contributed by atoms with Crippen LogP contribution >= 0.6 is 11.6 Å². The number of benzene rings is 1. The number of carbonyl (C=O) groups excluding carboxylic acids is 1. The lowest BCUT2D eigenvalue weighted by Crippen LogP contribution is -2.45. The van der Waals surface area contributed by atoms with Gasteiger partial charge >= 0.3 is 0 Å². The Hall–Kier alpha value is -2.92. The van der Waals surface area contributed by atoms with Gasteiger partial charge in [0.05, 0.1) is 12.1 Å². The average molecular weight is 463 g/mol. The molecule has 1 fully saturated rings. The number of aryl methyl sites for hydroxylation is 2. The van der Waals surface area contributed by atoms with Crippen molar-refractivity contribution in [3.63, 3.8) is 0 Å². The van der Waals surface area contributed by atoms with Gasteiger partial charge in [-0.2, -0.15) is 0 Å². The first-order chi connectivity index (χ1) is 15.9. The van der Waals surface area contributed by atoms with Gasteiger partial charge in [-0.05, 0) is 79.0 Å². The van der Waals surface area contributed by atoms with Crippen molar-refractivity contribution >= 4 is 17.5 Å². The Balaban J connectivity index is 1.40. The molecule has 33 heavy (non-hydrogen) atoms. The predicted molar refractivity (Wildman–Crippen MR) is 126 cm³/mol. The van der Waals surface area contributed by atoms with E-state index in [2.05, 4.69) is 25.1 Å². The molecule has 0 spiro atoms. The molecular formula is C27H29ClN3O2+. The Morgan fingerprint density at radius 1 is 1.15 bits per heavy atom. The van der Waals surface area contributed by atoms with E-state index in [1.54, 1.807) is 24.5 Å². The van der Waals surface area contributed by atoms with Crippen LogP contribution in [0.4, 0.5) is 0 Å². The highest BCUT2D eigenvalue weighted by atomic mass is 35.5. The Labute approximate surface area is 199 Å². The number of hydrogen-bond acceptors (Lipinski definition) is 3. The van der Waals surface area contributed by atoms with Crippen molar-refractivity contribution in [3.05, 3.63) is 94.0 Å². The van der Waals surface area contributed by atoms with Gasteiger partial charge in [-0.3, -0.25) is 15.0 Å². The summed E-state index contributed by atoms with van der Waals surface area (Å²) in [6.45, 7) is 3.83. The van der Waals surface area contributed by atoms with E-state index in [1.165, 1.54) is 22.4 Å². The molecule has 3 aromatic rings. The fraction of sp³-hybridized carbons (Fsp3) is 0.370. The topological polar surface area (TPSA) is 57.3 Å². The van der Waals surface area contributed by atoms with Crippen LogP contribution in [-0.4, -0.2) is 34.1 Å². The van der Waals surface area contributed by atoms with Gasteiger partial charge in [-0.1, -0.05) is 23.7 Å². The number of aromatic nitrogens is 2. The Morgan fingerprint density at radius 3 is 2.64 bits per heavy atom. The molecule has 5 nitrogen and oxygen atoms in total. The summed E-state index contributed by atoms with van der Waals surface area (Å²) in [5.74, 6) is 0.527. The predicted octanol–water partition coefficient (Wildman–Crippen LogP) is 4.15. The zero-order valence-electron chi connectivity index (χ0n) is 18.9. The van der Waals surface area contributed by atoms with E-state index in [1.807, 2.05) is 23.2 Å². The Morgan fingerprint density at radius 2 is 1.88 bits per heavy atom. The van der Waals surface area contributed by atoms with E-state index in [-0.39, 0.29) is 11.3 Å². The maximum atomic E-state index is 12.9. The van der Waals surface area contributed by atoms with E-state index >= 15 is 0 Å². The Kier molecular flexibility index (Phi) is 5.83. The number of pyridine rings is 2. The molecule has 1 aliphatic heterocycles. The van der Waals surface area contributed by atoms with Crippen molar-refractivity contribution in [2.75, 3.05) is 13.1 Å². The van der Waals surface area contributed by atoms with E-state index in [9.17, 15) is 10.0 Å². The molecule has 1 aromatic carbocycles. The van der Waals surface area contributed by atoms with Gasteiger partial charge in [0.1, 0.15) is 0 Å². The first-order valence-corrected chi connectivity index (χ1v) is 12.0. The third-order valence-corrected chi connectivity index (χ3v) is 7.81. The first kappa shape index (κ1) is 21.9. The lowest BCUT2D eigenvalue weighted by molar-refractivity contribution is -0.904. The van der Waals surface area contributed by atoms with Crippen LogP contribution in [-0.2, 0) is 29.5 Å². The van der Waals surface area contributed by atoms with E-state index in [0.717, 1.165) is 54.1 Å². The second-order valence-electron chi connectivity index (χ2n) is 9.43. The van der Waals surface area contributed by atoms with Crippen LogP contribution in [0.3, 0.4) is 0 Å². The van der Waals surface area contributed by atoms with Crippen LogP contribution in [0.25, 0.3) is 0 Å². The molecule has 1 atom stereocenters. The zero-order valence-corrected chi connectivity index (χ0v) is 19.6. The van der Waals surface area contributed by atoms with Crippen molar-refractivity contribution in [1.82, 2.24) is 9.88 Å². The van der Waals surface area contributed by atoms with Gasteiger partial charge in [-0.15, -0.1) is 0 Å². The van der Waals surface area contributed by atoms with Gasteiger partial charge in [-0.25, -0.2) is 0 Å². The summed E-state index contributed by atoms with van der Waals surface area (Å²) in [7, 11) is 0. The second-order valence-corrected chi connectivity index (χ2v) is 9.87. The van der Waals surface area contributed by atoms with Gasteiger partial charge in [0.2, 0.25) is 18.3 Å². The molecule has 1 saturated heterocycles. The number of amides is 1. The SMILES string of the molecule is CC1(C2CCN(C(=O)Cc3cc[n+](O)cc3)CC2)c2ccc(Cl)cc2CCc2cccnc21. The second kappa shape index (κ2) is 8.79. The van der Waals surface area contributed by atoms with Crippen LogP contribution in [0.1, 0.15) is 47.7 Å². The number of halogens is 1. The minimum absolute atomic E-state index is 0.140. The molecule has 3 heterocycles. The van der Waals surface area contributed by atoms with Gasteiger partial charge in [0, 0.05) is 46.6 Å². The highest BCUT2D eigenvalue weighted by molar-refractivity contribution is 6.30. The molecule has 170 valence electrons. The summed E-state index contributed by atoms with van der Waals surface area (Å²) in [4.78, 5) is 19.8. The number of carbonyl (C=O) groups is 1. The van der Waals surface area contributed by atoms with Crippen LogP contribution in [0.15, 0.2) is 61.1 Å². The van der Waals surface area contributed by atoms with E-state index in [0.29, 0.717) is 12.3 Å². The molecule has 1 N–H and O–H groups in total. The van der Waals surface area contributed by atoms with Crippen LogP contribution < -0.4 is 4.73 Å². The molecular weight excluding hydrogens is 434 g/mol. The van der Waals surface area contributed by atoms with Crippen molar-refractivity contribution in [1.29, 1.82) is 0 Å². The fourth-order valence-corrected chi connectivity index (χ4v) is 5.95. The minimum atomic E-state index is -0.212. The van der Waals surface area contributed by atoms with Crippen LogP contribution in [0.2, 0.25) is 5.02 Å². The van der Waals surface area contributed by atoms with Gasteiger partial charge in [0.25, 0.3) is 0 Å². The molecule has 6 heteroatoms. The van der Waals surface area contributed by atoms with Crippen LogP contribution in [0.5, 0.6) is 0 Å². The quantitative estimate of drug-likeness (QED) is 0.470. The number of rotatable bonds is 3. The van der Waals surface area contributed by atoms with Crippen LogP contribution in [0, 0.1) is 5.92 Å². The number of fused-ring (bicyclic) bond motifs is 2. The Bertz CT molecular complexity index is 1170. The molecule has 2 aliphatic rings. The third kappa shape index (κ3) is 4.10. The molecule has 0 radical (unpaired) electrons. The molecule has 1 unspecified atom stereocenters. The van der Waals surface area contributed by atoms with Crippen molar-refractivity contribution in [3.8, 4) is 0 Å². The smallest absolute Gasteiger partial charge is 0.226 e. The number of piperidine rings is 1. The molecule has 1 aliphatic carbocycles. The summed E-state index contributed by atoms with van der Waals surface area (Å²) in [5, 5.41) is 10.2. The molecule has 2 aromatic heterocycles. The zero-order chi connectivity index (χ0) is 23.0. The van der Waals surface area contributed by atoms with Crippen molar-refractivity contribution in [2.24, 2.45) is 5.92 Å². The summed E-state index contributed by atoms with van der Waals surface area (Å²) < 4.78 is 0.990. The van der Waals surface area contributed by atoms with Crippen molar-refractivity contribution < 1.29 is 14.7 Å². The fourth-order valence-electron chi connectivity index (χ4n) is 5.75. The third-order valence-electron chi connectivity index (χ3n) is 7.58. The van der Waals surface area contributed by atoms with E-state index < -0.39 is 0 Å². The summed E-state index contributed by atoms with van der Waals surface area (Å²) in [6.07, 6.45) is 9.17. The normalized spacial score (nSPS) is 20.6. The maximum absolute atomic E-state index is 12.9. The largest absolute Gasteiger partial charge is 0.342 e. The van der Waals surface area contributed by atoms with Gasteiger partial charge in [0.15, 0.2) is 0 Å². The lowest BCUT2D eigenvalue weighted by Gasteiger charge is -2.43. The highest BCUT2D eigenvalue weighted by Crippen LogP contribution is 2.47. The van der Waals surface area contributed by atoms with E-state index in [4.69, 9.17) is 16.6 Å². The highest BCUT2D eigenvalue weighted by Gasteiger charge is 2.44. The first-order valence-electron chi connectivity index (χ1n) is 11.7. The molecule has 0 bridgehead atoms. The average Bonchev–Trinajstić information content (AvgIpc) is 2.96. The summed E-state index contributed by atoms with van der Waals surface area (Å²) in [6, 6.07) is 14.1. The monoisotopic (exact) mass is 462 g/mol. The standard InChI is InChI=1S/C27H29ClN3O2/c1-27(22-10-13-30(14-11-22)25(32)17-19-8-15-31(33)16-9-19)24-7-6-23(28)18-21(24)5-4-20-3-2-12-29-26(20)27/h2-3,6-9,12,15-16,18,22,33H,4-5,10-11,13-14,17H2,1H3/q+1. The van der Waals surface area contributed by atoms with Crippen molar-refractivity contribution in [2.45, 2.75) is 44.4 Å². The summed E-state index contributed by atoms with van der Waals surface area (Å²) >= 11 is 6.37. The minimum Gasteiger partial charge on any atom is -0.342 e. The molecule has 5 rings (SSSR count). The van der Waals surface area contributed by atoms with Gasteiger partial charge < -0.3 is 4.90 Å². The lowest BCUT2D eigenvalue weighted by atomic mass is 9.64. The molecule has 0 saturated carbocycles. The number of nitrogens with zero attached hydrogens (tertiary/aromatic N) is 3. The summed E-state index contributed by atoms with van der Waals surface area (Å²) in [5.41, 5.74) is 5.83. The molecule has 1 amide bonds. The maximum Gasteiger partial charge on any atom is 0.226 e.